The fourth-order valence-corrected chi connectivity index (χ4v) is 4.81. The Kier molecular flexibility index (Phi) is 6.01. The number of thioether (sulfide) groups is 1. The van der Waals surface area contributed by atoms with Gasteiger partial charge in [-0.05, 0) is 42.7 Å². The number of anilines is 1. The maximum absolute atomic E-state index is 12.7. The molecule has 5 nitrogen and oxygen atoms in total. The van der Waals surface area contributed by atoms with Crippen molar-refractivity contribution < 1.29 is 4.79 Å². The minimum absolute atomic E-state index is 0.0748. The van der Waals surface area contributed by atoms with Crippen LogP contribution in [0.15, 0.2) is 58.7 Å². The van der Waals surface area contributed by atoms with Crippen LogP contribution in [0.25, 0.3) is 21.3 Å². The normalized spacial score (nSPS) is 11.0. The maximum atomic E-state index is 12.7. The van der Waals surface area contributed by atoms with Crippen LogP contribution in [0.1, 0.15) is 17.0 Å². The van der Waals surface area contributed by atoms with Gasteiger partial charge in [-0.15, -0.1) is 23.1 Å². The number of rotatable bonds is 6. The number of nitrogens with one attached hydrogen (secondary N) is 2. The van der Waals surface area contributed by atoms with E-state index >= 15 is 0 Å². The summed E-state index contributed by atoms with van der Waals surface area (Å²) in [5.74, 6) is 1.26. The Hall–Kier alpha value is -2.90. The molecule has 2 aromatic carbocycles. The van der Waals surface area contributed by atoms with Crippen LogP contribution in [0.2, 0.25) is 0 Å². The number of thiophene rings is 1. The Morgan fingerprint density at radius 1 is 1.13 bits per heavy atom. The van der Waals surface area contributed by atoms with Crippen LogP contribution < -0.4 is 10.9 Å². The number of carbonyl (C=O) groups is 1. The lowest BCUT2D eigenvalue weighted by Crippen LogP contribution is -2.15. The second kappa shape index (κ2) is 8.85. The standard InChI is InChI=1S/C23H21N3O2S2/c1-14-8-9-17(10-15(14)2)24-20(27)13-29-12-19-25-22(28)21-18(11-30-23(21)26-19)16-6-4-3-5-7-16/h3-11H,12-13H2,1-2H3,(H,24,27)(H,25,26,28). The third-order valence-electron chi connectivity index (χ3n) is 4.84. The van der Waals surface area contributed by atoms with E-state index in [1.54, 1.807) is 0 Å². The Labute approximate surface area is 182 Å². The van der Waals surface area contributed by atoms with Crippen molar-refractivity contribution in [1.29, 1.82) is 0 Å². The largest absolute Gasteiger partial charge is 0.325 e. The number of carbonyl (C=O) groups excluding carboxylic acids is 1. The number of benzene rings is 2. The molecule has 7 heteroatoms. The van der Waals surface area contributed by atoms with E-state index in [2.05, 4.69) is 15.3 Å². The van der Waals surface area contributed by atoms with Crippen molar-refractivity contribution in [1.82, 2.24) is 9.97 Å². The molecule has 2 aromatic heterocycles. The zero-order valence-corrected chi connectivity index (χ0v) is 18.3. The van der Waals surface area contributed by atoms with Gasteiger partial charge in [0.15, 0.2) is 0 Å². The maximum Gasteiger partial charge on any atom is 0.260 e. The summed E-state index contributed by atoms with van der Waals surface area (Å²) < 4.78 is 0. The number of amides is 1. The summed E-state index contributed by atoms with van der Waals surface area (Å²) in [6.45, 7) is 4.06. The second-order valence-corrected chi connectivity index (χ2v) is 8.89. The van der Waals surface area contributed by atoms with E-state index in [1.807, 2.05) is 67.8 Å². The quantitative estimate of drug-likeness (QED) is 0.440. The lowest BCUT2D eigenvalue weighted by molar-refractivity contribution is -0.113. The highest BCUT2D eigenvalue weighted by molar-refractivity contribution is 7.99. The number of aromatic amines is 1. The zero-order chi connectivity index (χ0) is 21.1. The van der Waals surface area contributed by atoms with Crippen LogP contribution >= 0.6 is 23.1 Å². The van der Waals surface area contributed by atoms with E-state index in [9.17, 15) is 9.59 Å². The summed E-state index contributed by atoms with van der Waals surface area (Å²) in [4.78, 5) is 33.1. The third-order valence-corrected chi connectivity index (χ3v) is 6.66. The molecule has 0 aliphatic rings. The van der Waals surface area contributed by atoms with Crippen molar-refractivity contribution in [2.75, 3.05) is 11.1 Å². The van der Waals surface area contributed by atoms with E-state index in [1.165, 1.54) is 28.7 Å². The molecule has 0 aliphatic carbocycles. The van der Waals surface area contributed by atoms with Crippen LogP contribution in [-0.4, -0.2) is 21.6 Å². The summed E-state index contributed by atoms with van der Waals surface area (Å²) >= 11 is 2.88. The summed E-state index contributed by atoms with van der Waals surface area (Å²) in [5.41, 5.74) is 4.88. The van der Waals surface area contributed by atoms with Crippen LogP contribution in [0.5, 0.6) is 0 Å². The average molecular weight is 436 g/mol. The third kappa shape index (κ3) is 4.47. The van der Waals surface area contributed by atoms with Gasteiger partial charge < -0.3 is 10.3 Å². The molecule has 0 radical (unpaired) electrons. The highest BCUT2D eigenvalue weighted by atomic mass is 32.2. The monoisotopic (exact) mass is 435 g/mol. The molecule has 152 valence electrons. The molecule has 0 spiro atoms. The molecule has 0 unspecified atom stereocenters. The summed E-state index contributed by atoms with van der Waals surface area (Å²) in [6.07, 6.45) is 0. The van der Waals surface area contributed by atoms with E-state index < -0.39 is 0 Å². The second-order valence-electron chi connectivity index (χ2n) is 7.05. The fourth-order valence-electron chi connectivity index (χ4n) is 3.15. The molecule has 30 heavy (non-hydrogen) atoms. The predicted octanol–water partition coefficient (Wildman–Crippen LogP) is 5.14. The van der Waals surface area contributed by atoms with Gasteiger partial charge in [-0.25, -0.2) is 4.98 Å². The van der Waals surface area contributed by atoms with Crippen molar-refractivity contribution in [2.45, 2.75) is 19.6 Å². The van der Waals surface area contributed by atoms with Gasteiger partial charge in [0.05, 0.1) is 16.9 Å². The van der Waals surface area contributed by atoms with E-state index in [0.29, 0.717) is 21.8 Å². The molecule has 4 aromatic rings. The average Bonchev–Trinajstić information content (AvgIpc) is 3.16. The molecule has 0 saturated heterocycles. The molecule has 0 bridgehead atoms. The van der Waals surface area contributed by atoms with Crippen LogP contribution in [0.3, 0.4) is 0 Å². The molecule has 0 atom stereocenters. The summed E-state index contributed by atoms with van der Waals surface area (Å²) in [6, 6.07) is 15.7. The van der Waals surface area contributed by atoms with Gasteiger partial charge in [0.2, 0.25) is 5.91 Å². The molecule has 2 N–H and O–H groups in total. The lowest BCUT2D eigenvalue weighted by atomic mass is 10.1. The van der Waals surface area contributed by atoms with Crippen LogP contribution in [-0.2, 0) is 10.5 Å². The van der Waals surface area contributed by atoms with Gasteiger partial charge in [0, 0.05) is 16.6 Å². The van der Waals surface area contributed by atoms with Crippen LogP contribution in [0.4, 0.5) is 5.69 Å². The highest BCUT2D eigenvalue weighted by Gasteiger charge is 2.13. The van der Waals surface area contributed by atoms with Crippen molar-refractivity contribution in [2.24, 2.45) is 0 Å². The van der Waals surface area contributed by atoms with Gasteiger partial charge in [0.25, 0.3) is 5.56 Å². The first-order valence-electron chi connectivity index (χ1n) is 9.52. The minimum atomic E-state index is -0.143. The van der Waals surface area contributed by atoms with E-state index in [0.717, 1.165) is 22.4 Å². The molecule has 0 fully saturated rings. The van der Waals surface area contributed by atoms with Crippen LogP contribution in [0, 0.1) is 13.8 Å². The van der Waals surface area contributed by atoms with E-state index in [-0.39, 0.29) is 17.2 Å². The first-order valence-corrected chi connectivity index (χ1v) is 11.6. The Balaban J connectivity index is 1.41. The number of aryl methyl sites for hydroxylation is 2. The van der Waals surface area contributed by atoms with Gasteiger partial charge in [0.1, 0.15) is 10.7 Å². The highest BCUT2D eigenvalue weighted by Crippen LogP contribution is 2.30. The molecule has 1 amide bonds. The smallest absolute Gasteiger partial charge is 0.260 e. The molecular weight excluding hydrogens is 414 g/mol. The number of hydrogen-bond donors (Lipinski definition) is 2. The summed E-state index contributed by atoms with van der Waals surface area (Å²) in [7, 11) is 0. The topological polar surface area (TPSA) is 74.8 Å². The Morgan fingerprint density at radius 3 is 2.70 bits per heavy atom. The van der Waals surface area contributed by atoms with Gasteiger partial charge >= 0.3 is 0 Å². The van der Waals surface area contributed by atoms with Gasteiger partial charge in [-0.1, -0.05) is 36.4 Å². The minimum Gasteiger partial charge on any atom is -0.325 e. The number of hydrogen-bond acceptors (Lipinski definition) is 5. The number of nitrogens with zero attached hydrogens (tertiary/aromatic N) is 1. The Morgan fingerprint density at radius 2 is 1.93 bits per heavy atom. The molecule has 0 saturated carbocycles. The number of fused-ring (bicyclic) bond motifs is 1. The summed E-state index contributed by atoms with van der Waals surface area (Å²) in [5, 5.41) is 5.50. The van der Waals surface area contributed by atoms with Crippen molar-refractivity contribution in [3.05, 3.63) is 81.2 Å². The SMILES string of the molecule is Cc1ccc(NC(=O)CSCc2nc3scc(-c4ccccc4)c3c(=O)[nH]2)cc1C. The molecule has 4 rings (SSSR count). The number of aromatic nitrogens is 2. The molecular formula is C23H21N3O2S2. The number of H-pyrrole nitrogens is 1. The van der Waals surface area contributed by atoms with E-state index in [4.69, 9.17) is 0 Å². The molecule has 2 heterocycles. The first kappa shape index (κ1) is 20.4. The van der Waals surface area contributed by atoms with Crippen molar-refractivity contribution >= 4 is 44.9 Å². The predicted molar refractivity (Wildman–Crippen MR) is 126 cm³/mol. The lowest BCUT2D eigenvalue weighted by Gasteiger charge is -2.07. The Bertz CT molecular complexity index is 1260. The van der Waals surface area contributed by atoms with Crippen molar-refractivity contribution in [3.63, 3.8) is 0 Å². The molecule has 0 aliphatic heterocycles. The van der Waals surface area contributed by atoms with Gasteiger partial charge in [-0.3, -0.25) is 9.59 Å². The first-order chi connectivity index (χ1) is 14.5. The fraction of sp³-hybridized carbons (Fsp3) is 0.174. The zero-order valence-electron chi connectivity index (χ0n) is 16.7. The van der Waals surface area contributed by atoms with Crippen molar-refractivity contribution in [3.8, 4) is 11.1 Å². The van der Waals surface area contributed by atoms with Gasteiger partial charge in [-0.2, -0.15) is 0 Å².